The van der Waals surface area contributed by atoms with E-state index in [0.717, 1.165) is 8.19 Å². The van der Waals surface area contributed by atoms with Gasteiger partial charge in [0.25, 0.3) is 0 Å². The summed E-state index contributed by atoms with van der Waals surface area (Å²) in [5.74, 6) is 0. The molecule has 14 heavy (non-hydrogen) atoms. The lowest BCUT2D eigenvalue weighted by Gasteiger charge is -2.00. The van der Waals surface area contributed by atoms with Crippen molar-refractivity contribution in [3.05, 3.63) is 46.8 Å². The van der Waals surface area contributed by atoms with Crippen LogP contribution in [0.1, 0.15) is 16.4 Å². The average Bonchev–Trinajstić information content (AvgIpc) is 2.47. The molecule has 0 fully saturated rings. The molecular weight excluding hydrogens is 187 g/mol. The Hall–Kier alpha value is -1.00. The SMILES string of the molecule is Cc1[pH]c(-c2ccccc2)c(C)c1C. The molecule has 0 nitrogen and oxygen atoms in total. The molecular formula is C13H15P. The summed E-state index contributed by atoms with van der Waals surface area (Å²) in [6, 6.07) is 10.7. The molecule has 2 aromatic rings. The van der Waals surface area contributed by atoms with Gasteiger partial charge >= 0.3 is 0 Å². The summed E-state index contributed by atoms with van der Waals surface area (Å²) in [5.41, 5.74) is 4.36. The van der Waals surface area contributed by atoms with Crippen LogP contribution in [0.25, 0.3) is 10.9 Å². The molecule has 0 aliphatic rings. The van der Waals surface area contributed by atoms with Gasteiger partial charge in [-0.3, -0.25) is 0 Å². The Kier molecular flexibility index (Phi) is 2.48. The van der Waals surface area contributed by atoms with Crippen LogP contribution in [0.2, 0.25) is 0 Å². The van der Waals surface area contributed by atoms with Crippen LogP contribution in [0.15, 0.2) is 30.3 Å². The van der Waals surface area contributed by atoms with Gasteiger partial charge < -0.3 is 0 Å². The van der Waals surface area contributed by atoms with Crippen molar-refractivity contribution in [1.82, 2.24) is 0 Å². The first-order valence-corrected chi connectivity index (χ1v) is 5.91. The van der Waals surface area contributed by atoms with E-state index < -0.39 is 0 Å². The van der Waals surface area contributed by atoms with Crippen molar-refractivity contribution in [3.63, 3.8) is 0 Å². The molecule has 1 aromatic carbocycles. The summed E-state index contributed by atoms with van der Waals surface area (Å²) < 4.78 is 0. The summed E-state index contributed by atoms with van der Waals surface area (Å²) in [6.07, 6.45) is 0. The largest absolute Gasteiger partial charge is 0.128 e. The molecule has 0 radical (unpaired) electrons. The second-order valence-corrected chi connectivity index (χ2v) is 5.24. The molecule has 1 aromatic heterocycles. The van der Waals surface area contributed by atoms with Crippen LogP contribution in [0.4, 0.5) is 0 Å². The van der Waals surface area contributed by atoms with Gasteiger partial charge in [0.1, 0.15) is 0 Å². The molecule has 72 valence electrons. The third kappa shape index (κ3) is 1.51. The summed E-state index contributed by atoms with van der Waals surface area (Å²) in [7, 11) is 0.871. The fourth-order valence-electron chi connectivity index (χ4n) is 1.74. The summed E-state index contributed by atoms with van der Waals surface area (Å²) in [6.45, 7) is 6.71. The lowest BCUT2D eigenvalue weighted by atomic mass is 10.1. The van der Waals surface area contributed by atoms with Gasteiger partial charge in [0.05, 0.1) is 0 Å². The molecule has 0 aliphatic heterocycles. The van der Waals surface area contributed by atoms with E-state index in [9.17, 15) is 0 Å². The molecule has 0 N–H and O–H groups in total. The van der Waals surface area contributed by atoms with Crippen molar-refractivity contribution in [2.75, 3.05) is 0 Å². The van der Waals surface area contributed by atoms with Crippen molar-refractivity contribution in [1.29, 1.82) is 0 Å². The fourth-order valence-corrected chi connectivity index (χ4v) is 3.17. The maximum Gasteiger partial charge on any atom is 0.00162 e. The molecule has 1 heteroatoms. The minimum absolute atomic E-state index is 0.871. The molecule has 0 aliphatic carbocycles. The summed E-state index contributed by atoms with van der Waals surface area (Å²) in [5, 5.41) is 3.07. The highest BCUT2D eigenvalue weighted by Crippen LogP contribution is 2.38. The molecule has 1 heterocycles. The van der Waals surface area contributed by atoms with E-state index in [1.165, 1.54) is 22.0 Å². The lowest BCUT2D eigenvalue weighted by Crippen LogP contribution is -1.77. The molecule has 0 amide bonds. The topological polar surface area (TPSA) is 0 Å². The van der Waals surface area contributed by atoms with Crippen LogP contribution >= 0.6 is 8.19 Å². The Bertz CT molecular complexity index is 438. The average molecular weight is 202 g/mol. The predicted molar refractivity (Wildman–Crippen MR) is 65.6 cm³/mol. The van der Waals surface area contributed by atoms with Crippen molar-refractivity contribution in [2.45, 2.75) is 20.8 Å². The van der Waals surface area contributed by atoms with E-state index in [2.05, 4.69) is 51.1 Å². The van der Waals surface area contributed by atoms with Gasteiger partial charge in [0.15, 0.2) is 0 Å². The van der Waals surface area contributed by atoms with Crippen LogP contribution in [-0.4, -0.2) is 0 Å². The number of aryl methyl sites for hydroxylation is 1. The van der Waals surface area contributed by atoms with Crippen molar-refractivity contribution in [2.24, 2.45) is 0 Å². The first-order valence-electron chi connectivity index (χ1n) is 4.91. The standard InChI is InChI=1S/C13H15P/c1-9-10(2)13(14-11(9)3)12-7-5-4-6-8-12/h4-8,14H,1-3H3. The smallest absolute Gasteiger partial charge is 0.00162 e. The maximum absolute atomic E-state index is 2.24. The zero-order valence-electron chi connectivity index (χ0n) is 8.89. The fraction of sp³-hybridized carbons (Fsp3) is 0.231. The van der Waals surface area contributed by atoms with Crippen LogP contribution in [0.3, 0.4) is 0 Å². The van der Waals surface area contributed by atoms with Crippen molar-refractivity contribution < 1.29 is 0 Å². The normalized spacial score (nSPS) is 11.1. The third-order valence-corrected chi connectivity index (χ3v) is 4.54. The summed E-state index contributed by atoms with van der Waals surface area (Å²) >= 11 is 0. The highest BCUT2D eigenvalue weighted by Gasteiger charge is 2.07. The Labute approximate surface area is 87.1 Å². The second kappa shape index (κ2) is 3.63. The Morgan fingerprint density at radius 3 is 2.00 bits per heavy atom. The van der Waals surface area contributed by atoms with Crippen LogP contribution in [-0.2, 0) is 0 Å². The quantitative estimate of drug-likeness (QED) is 0.646. The molecule has 2 rings (SSSR count). The third-order valence-electron chi connectivity index (χ3n) is 2.87. The molecule has 0 saturated carbocycles. The van der Waals surface area contributed by atoms with Gasteiger partial charge in [-0.25, -0.2) is 0 Å². The van der Waals surface area contributed by atoms with E-state index >= 15 is 0 Å². The summed E-state index contributed by atoms with van der Waals surface area (Å²) in [4.78, 5) is 0. The molecule has 1 atom stereocenters. The first-order chi connectivity index (χ1) is 6.70. The van der Waals surface area contributed by atoms with Gasteiger partial charge in [-0.2, -0.15) is 0 Å². The minimum Gasteiger partial charge on any atom is -0.128 e. The zero-order valence-corrected chi connectivity index (χ0v) is 9.89. The highest BCUT2D eigenvalue weighted by molar-refractivity contribution is 7.35. The van der Waals surface area contributed by atoms with Gasteiger partial charge in [0, 0.05) is 5.30 Å². The predicted octanol–water partition coefficient (Wildman–Crippen LogP) is 4.31. The van der Waals surface area contributed by atoms with Crippen molar-refractivity contribution in [3.8, 4) is 10.9 Å². The number of hydrogen-bond donors (Lipinski definition) is 0. The van der Waals surface area contributed by atoms with Crippen LogP contribution in [0.5, 0.6) is 0 Å². The van der Waals surface area contributed by atoms with Gasteiger partial charge in [-0.15, -0.1) is 8.19 Å². The van der Waals surface area contributed by atoms with E-state index in [-0.39, 0.29) is 0 Å². The number of rotatable bonds is 1. The monoisotopic (exact) mass is 202 g/mol. The number of benzene rings is 1. The number of hydrogen-bond acceptors (Lipinski definition) is 0. The minimum atomic E-state index is 0.871. The maximum atomic E-state index is 2.24. The van der Waals surface area contributed by atoms with E-state index in [4.69, 9.17) is 0 Å². The Morgan fingerprint density at radius 2 is 1.50 bits per heavy atom. The molecule has 0 saturated heterocycles. The van der Waals surface area contributed by atoms with Crippen molar-refractivity contribution >= 4 is 8.19 Å². The van der Waals surface area contributed by atoms with E-state index in [0.29, 0.717) is 0 Å². The van der Waals surface area contributed by atoms with Gasteiger partial charge in [-0.05, 0) is 42.8 Å². The second-order valence-electron chi connectivity index (χ2n) is 3.74. The van der Waals surface area contributed by atoms with Gasteiger partial charge in [0.2, 0.25) is 0 Å². The highest BCUT2D eigenvalue weighted by atomic mass is 31.0. The van der Waals surface area contributed by atoms with E-state index in [1.807, 2.05) is 0 Å². The molecule has 0 bridgehead atoms. The Morgan fingerprint density at radius 1 is 0.857 bits per heavy atom. The van der Waals surface area contributed by atoms with Gasteiger partial charge in [-0.1, -0.05) is 30.3 Å². The molecule has 1 unspecified atom stereocenters. The Balaban J connectivity index is 2.58. The zero-order chi connectivity index (χ0) is 10.1. The lowest BCUT2D eigenvalue weighted by molar-refractivity contribution is 1.35. The van der Waals surface area contributed by atoms with Crippen LogP contribution < -0.4 is 0 Å². The molecule has 0 spiro atoms. The first kappa shape index (κ1) is 9.55. The van der Waals surface area contributed by atoms with Crippen LogP contribution in [0, 0.1) is 20.8 Å². The van der Waals surface area contributed by atoms with E-state index in [1.54, 1.807) is 5.30 Å².